The van der Waals surface area contributed by atoms with Crippen LogP contribution in [0.1, 0.15) is 5.56 Å². The molecule has 2 heterocycles. The molecule has 4 aromatic rings. The number of hydrogen-bond acceptors (Lipinski definition) is 3. The van der Waals surface area contributed by atoms with Crippen LogP contribution in [0.3, 0.4) is 0 Å². The van der Waals surface area contributed by atoms with Gasteiger partial charge in [-0.3, -0.25) is 4.90 Å². The first-order valence-electron chi connectivity index (χ1n) is 11.2. The van der Waals surface area contributed by atoms with E-state index in [1.807, 2.05) is 71.5 Å². The zero-order valence-electron chi connectivity index (χ0n) is 18.6. The third-order valence-corrected chi connectivity index (χ3v) is 6.59. The van der Waals surface area contributed by atoms with E-state index in [2.05, 4.69) is 16.8 Å². The molecule has 0 spiro atoms. The Kier molecular flexibility index (Phi) is 6.27. The molecule has 4 nitrogen and oxygen atoms in total. The van der Waals surface area contributed by atoms with Gasteiger partial charge in [0.05, 0.1) is 17.6 Å². The lowest BCUT2D eigenvalue weighted by Crippen LogP contribution is -2.43. The zero-order chi connectivity index (χ0) is 22.8. The highest BCUT2D eigenvalue weighted by molar-refractivity contribution is 6.33. The molecule has 1 fully saturated rings. The first-order chi connectivity index (χ1) is 16.1. The van der Waals surface area contributed by atoms with E-state index in [9.17, 15) is 4.39 Å². The van der Waals surface area contributed by atoms with Gasteiger partial charge in [0, 0.05) is 54.4 Å². The van der Waals surface area contributed by atoms with Crippen LogP contribution in [0, 0.1) is 5.82 Å². The molecule has 0 amide bonds. The summed E-state index contributed by atoms with van der Waals surface area (Å²) in [4.78, 5) is 4.74. The number of halogens is 2. The Bertz CT molecular complexity index is 1240. The van der Waals surface area contributed by atoms with Crippen molar-refractivity contribution in [3.8, 4) is 28.1 Å². The molecule has 33 heavy (non-hydrogen) atoms. The average Bonchev–Trinajstić information content (AvgIpc) is 3.24. The van der Waals surface area contributed by atoms with Gasteiger partial charge in [-0.15, -0.1) is 0 Å². The minimum atomic E-state index is -0.244. The maximum absolute atomic E-state index is 14.9. The Labute approximate surface area is 198 Å². The van der Waals surface area contributed by atoms with Gasteiger partial charge in [0.15, 0.2) is 0 Å². The third-order valence-electron chi connectivity index (χ3n) is 6.26. The van der Waals surface area contributed by atoms with Crippen LogP contribution in [-0.4, -0.2) is 52.8 Å². The second-order valence-electron chi connectivity index (χ2n) is 8.52. The van der Waals surface area contributed by atoms with E-state index in [0.29, 0.717) is 10.6 Å². The molecule has 3 aromatic carbocycles. The Morgan fingerprint density at radius 2 is 1.52 bits per heavy atom. The molecule has 0 radical (unpaired) electrons. The van der Waals surface area contributed by atoms with E-state index in [0.717, 1.165) is 60.8 Å². The quantitative estimate of drug-likeness (QED) is 0.379. The average molecular weight is 461 g/mol. The molecule has 168 valence electrons. The van der Waals surface area contributed by atoms with E-state index in [1.54, 1.807) is 6.07 Å². The van der Waals surface area contributed by atoms with Crippen molar-refractivity contribution >= 4 is 11.6 Å². The minimum absolute atomic E-state index is 0.244. The number of rotatable bonds is 5. The summed E-state index contributed by atoms with van der Waals surface area (Å²) >= 11 is 6.38. The molecule has 0 bridgehead atoms. The summed E-state index contributed by atoms with van der Waals surface area (Å²) in [6.07, 6.45) is 1.88. The molecule has 5 rings (SSSR count). The van der Waals surface area contributed by atoms with Gasteiger partial charge in [0.1, 0.15) is 5.82 Å². The van der Waals surface area contributed by atoms with Crippen LogP contribution in [0.2, 0.25) is 5.02 Å². The number of hydrogen-bond donors (Lipinski definition) is 0. The Hall–Kier alpha value is -2.99. The highest BCUT2D eigenvalue weighted by atomic mass is 35.5. The number of piperazine rings is 1. The molecule has 1 aromatic heterocycles. The lowest BCUT2D eigenvalue weighted by molar-refractivity contribution is 0.148. The SMILES string of the molecule is CN1CCN(Cc2cnn(-c3ccc(-c4ccccc4Cl)cc3)c2-c2ccccc2F)CC1. The highest BCUT2D eigenvalue weighted by Gasteiger charge is 2.21. The largest absolute Gasteiger partial charge is 0.304 e. The van der Waals surface area contributed by atoms with E-state index in [1.165, 1.54) is 6.07 Å². The molecule has 1 saturated heterocycles. The van der Waals surface area contributed by atoms with Crippen LogP contribution in [0.5, 0.6) is 0 Å². The first-order valence-corrected chi connectivity index (χ1v) is 11.6. The van der Waals surface area contributed by atoms with Crippen LogP contribution in [-0.2, 0) is 6.54 Å². The summed E-state index contributed by atoms with van der Waals surface area (Å²) in [6, 6.07) is 22.8. The third kappa shape index (κ3) is 4.58. The predicted molar refractivity (Wildman–Crippen MR) is 132 cm³/mol. The van der Waals surface area contributed by atoms with E-state index >= 15 is 0 Å². The van der Waals surface area contributed by atoms with Gasteiger partial charge in [0.25, 0.3) is 0 Å². The maximum Gasteiger partial charge on any atom is 0.132 e. The number of nitrogens with zero attached hydrogens (tertiary/aromatic N) is 4. The molecular formula is C27H26ClFN4. The second-order valence-corrected chi connectivity index (χ2v) is 8.92. The fraction of sp³-hybridized carbons (Fsp3) is 0.222. The normalized spacial score (nSPS) is 15.1. The van der Waals surface area contributed by atoms with E-state index in [4.69, 9.17) is 16.7 Å². The smallest absolute Gasteiger partial charge is 0.132 e. The van der Waals surface area contributed by atoms with Crippen LogP contribution in [0.15, 0.2) is 79.0 Å². The van der Waals surface area contributed by atoms with Gasteiger partial charge < -0.3 is 4.90 Å². The fourth-order valence-corrected chi connectivity index (χ4v) is 4.60. The Balaban J connectivity index is 1.53. The molecule has 1 aliphatic rings. The standard InChI is InChI=1S/C27H26ClFN4/c1-31-14-16-32(17-15-31)19-21-18-30-33(27(21)24-7-3-5-9-26(24)29)22-12-10-20(11-13-22)23-6-2-4-8-25(23)28/h2-13,18H,14-17,19H2,1H3. The summed E-state index contributed by atoms with van der Waals surface area (Å²) in [6.45, 7) is 4.80. The summed E-state index contributed by atoms with van der Waals surface area (Å²) in [5.74, 6) is -0.244. The molecule has 0 saturated carbocycles. The Morgan fingerprint density at radius 3 is 2.21 bits per heavy atom. The lowest BCUT2D eigenvalue weighted by Gasteiger charge is -2.32. The van der Waals surface area contributed by atoms with E-state index in [-0.39, 0.29) is 5.82 Å². The summed E-state index contributed by atoms with van der Waals surface area (Å²) in [7, 11) is 2.15. The van der Waals surface area contributed by atoms with Crippen molar-refractivity contribution in [1.29, 1.82) is 0 Å². The topological polar surface area (TPSA) is 24.3 Å². The number of likely N-dealkylation sites (N-methyl/N-ethyl adjacent to an activating group) is 1. The monoisotopic (exact) mass is 460 g/mol. The molecule has 6 heteroatoms. The molecule has 1 aliphatic heterocycles. The molecule has 0 N–H and O–H groups in total. The van der Waals surface area contributed by atoms with Crippen molar-refractivity contribution in [2.75, 3.05) is 33.2 Å². The summed E-state index contributed by atoms with van der Waals surface area (Å²) < 4.78 is 16.8. The fourth-order valence-electron chi connectivity index (χ4n) is 4.36. The van der Waals surface area contributed by atoms with Crippen molar-refractivity contribution in [2.24, 2.45) is 0 Å². The van der Waals surface area contributed by atoms with Crippen LogP contribution >= 0.6 is 11.6 Å². The van der Waals surface area contributed by atoms with Crippen LogP contribution in [0.4, 0.5) is 4.39 Å². The van der Waals surface area contributed by atoms with Crippen molar-refractivity contribution in [3.63, 3.8) is 0 Å². The van der Waals surface area contributed by atoms with Gasteiger partial charge in [-0.05, 0) is 42.9 Å². The van der Waals surface area contributed by atoms with Crippen LogP contribution < -0.4 is 0 Å². The lowest BCUT2D eigenvalue weighted by atomic mass is 10.0. The number of benzene rings is 3. The summed E-state index contributed by atoms with van der Waals surface area (Å²) in [5, 5.41) is 5.40. The predicted octanol–water partition coefficient (Wildman–Crippen LogP) is 5.75. The zero-order valence-corrected chi connectivity index (χ0v) is 19.3. The van der Waals surface area contributed by atoms with E-state index < -0.39 is 0 Å². The van der Waals surface area contributed by atoms with Gasteiger partial charge >= 0.3 is 0 Å². The molecule has 0 atom stereocenters. The van der Waals surface area contributed by atoms with Crippen molar-refractivity contribution in [2.45, 2.75) is 6.54 Å². The second kappa shape index (κ2) is 9.48. The maximum atomic E-state index is 14.9. The highest BCUT2D eigenvalue weighted by Crippen LogP contribution is 2.32. The molecule has 0 unspecified atom stereocenters. The minimum Gasteiger partial charge on any atom is -0.304 e. The number of aromatic nitrogens is 2. The van der Waals surface area contributed by atoms with Gasteiger partial charge in [-0.2, -0.15) is 5.10 Å². The Morgan fingerprint density at radius 1 is 0.848 bits per heavy atom. The van der Waals surface area contributed by atoms with Gasteiger partial charge in [-0.25, -0.2) is 9.07 Å². The van der Waals surface area contributed by atoms with Crippen molar-refractivity contribution < 1.29 is 4.39 Å². The first kappa shape index (κ1) is 21.8. The summed E-state index contributed by atoms with van der Waals surface area (Å²) in [5.41, 5.74) is 5.29. The van der Waals surface area contributed by atoms with Crippen LogP contribution in [0.25, 0.3) is 28.1 Å². The van der Waals surface area contributed by atoms with Crippen molar-refractivity contribution in [3.05, 3.63) is 95.4 Å². The van der Waals surface area contributed by atoms with Crippen molar-refractivity contribution in [1.82, 2.24) is 19.6 Å². The van der Waals surface area contributed by atoms with Gasteiger partial charge in [0.2, 0.25) is 0 Å². The van der Waals surface area contributed by atoms with Gasteiger partial charge in [-0.1, -0.05) is 54.1 Å². The molecular weight excluding hydrogens is 435 g/mol. The molecule has 0 aliphatic carbocycles.